The molecule has 0 atom stereocenters. The van der Waals surface area contributed by atoms with Crippen LogP contribution in [0.15, 0.2) is 11.6 Å². The molecule has 1 aliphatic rings. The highest BCUT2D eigenvalue weighted by atomic mass is 32.1. The highest BCUT2D eigenvalue weighted by Crippen LogP contribution is 2.24. The Bertz CT molecular complexity index is 766. The fourth-order valence-electron chi connectivity index (χ4n) is 2.69. The number of hydrogen-bond donors (Lipinski definition) is 0. The molecule has 3 heterocycles. The normalized spacial score (nSPS) is 15.5. The lowest BCUT2D eigenvalue weighted by molar-refractivity contribution is -0.131. The second-order valence-electron chi connectivity index (χ2n) is 5.94. The number of hydrogen-bond acceptors (Lipinski definition) is 5. The van der Waals surface area contributed by atoms with Crippen molar-refractivity contribution >= 4 is 23.3 Å². The Morgan fingerprint density at radius 1 is 1.25 bits per heavy atom. The first-order valence-electron chi connectivity index (χ1n) is 8.01. The summed E-state index contributed by atoms with van der Waals surface area (Å²) in [5.41, 5.74) is 3.00. The van der Waals surface area contributed by atoms with Gasteiger partial charge in [-0.15, -0.1) is 16.4 Å². The van der Waals surface area contributed by atoms with E-state index in [0.29, 0.717) is 31.7 Å². The number of aryl methyl sites for hydroxylation is 2. The van der Waals surface area contributed by atoms with E-state index in [9.17, 15) is 9.59 Å². The second kappa shape index (κ2) is 6.72. The molecule has 1 saturated heterocycles. The Morgan fingerprint density at radius 3 is 2.67 bits per heavy atom. The maximum absolute atomic E-state index is 12.7. The van der Waals surface area contributed by atoms with Crippen molar-refractivity contribution in [1.82, 2.24) is 24.8 Å². The molecule has 1 fully saturated rings. The predicted octanol–water partition coefficient (Wildman–Crippen LogP) is 2.33. The number of urea groups is 1. The molecular weight excluding hydrogens is 326 g/mol. The third-order valence-electron chi connectivity index (χ3n) is 4.38. The SMILES string of the molecule is CCn1cc(CN2C(=O)CCN(Cc3csc(C)c3C)C2=O)nn1. The third-order valence-corrected chi connectivity index (χ3v) is 5.44. The molecule has 0 aromatic carbocycles. The monoisotopic (exact) mass is 347 g/mol. The Balaban J connectivity index is 1.73. The van der Waals surface area contributed by atoms with Gasteiger partial charge < -0.3 is 4.90 Å². The molecule has 128 valence electrons. The molecule has 0 unspecified atom stereocenters. The zero-order chi connectivity index (χ0) is 17.3. The lowest BCUT2D eigenvalue weighted by Crippen LogP contribution is -2.51. The van der Waals surface area contributed by atoms with E-state index in [0.717, 1.165) is 5.56 Å². The first-order valence-corrected chi connectivity index (χ1v) is 8.89. The maximum Gasteiger partial charge on any atom is 0.327 e. The lowest BCUT2D eigenvalue weighted by atomic mass is 10.1. The molecule has 8 heteroatoms. The van der Waals surface area contributed by atoms with Gasteiger partial charge in [-0.1, -0.05) is 5.21 Å². The first kappa shape index (κ1) is 16.6. The summed E-state index contributed by atoms with van der Waals surface area (Å²) < 4.78 is 1.68. The van der Waals surface area contributed by atoms with Gasteiger partial charge in [0, 0.05) is 30.9 Å². The zero-order valence-electron chi connectivity index (χ0n) is 14.2. The van der Waals surface area contributed by atoms with Crippen LogP contribution >= 0.6 is 11.3 Å². The van der Waals surface area contributed by atoms with E-state index in [1.807, 2.05) is 6.92 Å². The average molecular weight is 347 g/mol. The van der Waals surface area contributed by atoms with Gasteiger partial charge >= 0.3 is 6.03 Å². The van der Waals surface area contributed by atoms with Crippen molar-refractivity contribution in [1.29, 1.82) is 0 Å². The molecule has 2 aromatic heterocycles. The fourth-order valence-corrected chi connectivity index (χ4v) is 3.57. The number of amides is 3. The molecule has 0 spiro atoms. The molecule has 24 heavy (non-hydrogen) atoms. The summed E-state index contributed by atoms with van der Waals surface area (Å²) >= 11 is 1.69. The third kappa shape index (κ3) is 3.19. The van der Waals surface area contributed by atoms with Gasteiger partial charge in [0.15, 0.2) is 0 Å². The maximum atomic E-state index is 12.7. The topological polar surface area (TPSA) is 71.3 Å². The van der Waals surface area contributed by atoms with Gasteiger partial charge in [-0.25, -0.2) is 4.79 Å². The van der Waals surface area contributed by atoms with Crippen LogP contribution in [0.1, 0.15) is 35.0 Å². The molecule has 0 N–H and O–H groups in total. The second-order valence-corrected chi connectivity index (χ2v) is 7.03. The number of carbonyl (C=O) groups is 2. The van der Waals surface area contributed by atoms with E-state index in [1.165, 1.54) is 15.3 Å². The van der Waals surface area contributed by atoms with Gasteiger partial charge in [-0.2, -0.15) is 0 Å². The molecule has 2 aromatic rings. The van der Waals surface area contributed by atoms with Gasteiger partial charge in [0.25, 0.3) is 0 Å². The quantitative estimate of drug-likeness (QED) is 0.832. The summed E-state index contributed by atoms with van der Waals surface area (Å²) in [6, 6.07) is -0.249. The number of nitrogens with zero attached hydrogens (tertiary/aromatic N) is 5. The Kier molecular flexibility index (Phi) is 4.66. The predicted molar refractivity (Wildman–Crippen MR) is 90.5 cm³/mol. The van der Waals surface area contributed by atoms with Gasteiger partial charge in [0.05, 0.1) is 12.7 Å². The number of imide groups is 1. The van der Waals surface area contributed by atoms with Crippen LogP contribution in [-0.4, -0.2) is 43.3 Å². The summed E-state index contributed by atoms with van der Waals surface area (Å²) in [4.78, 5) is 29.2. The van der Waals surface area contributed by atoms with Gasteiger partial charge in [0.1, 0.15) is 5.69 Å². The van der Waals surface area contributed by atoms with Gasteiger partial charge in [0.2, 0.25) is 5.91 Å². The Labute approximate surface area is 144 Å². The number of rotatable bonds is 5. The summed E-state index contributed by atoms with van der Waals surface area (Å²) in [7, 11) is 0. The minimum Gasteiger partial charge on any atom is -0.319 e. The fraction of sp³-hybridized carbons (Fsp3) is 0.500. The molecule has 0 bridgehead atoms. The van der Waals surface area contributed by atoms with Gasteiger partial charge in [-0.05, 0) is 37.3 Å². The highest BCUT2D eigenvalue weighted by molar-refractivity contribution is 7.10. The minimum atomic E-state index is -0.249. The van der Waals surface area contributed by atoms with Crippen LogP contribution in [0.3, 0.4) is 0 Å². The number of carbonyl (C=O) groups excluding carboxylic acids is 2. The summed E-state index contributed by atoms with van der Waals surface area (Å²) in [5.74, 6) is -0.152. The summed E-state index contributed by atoms with van der Waals surface area (Å²) in [6.45, 7) is 8.00. The molecule has 7 nitrogen and oxygen atoms in total. The van der Waals surface area contributed by atoms with E-state index >= 15 is 0 Å². The molecule has 0 saturated carbocycles. The largest absolute Gasteiger partial charge is 0.327 e. The van der Waals surface area contributed by atoms with E-state index < -0.39 is 0 Å². The standard InChI is InChI=1S/C16H21N5O2S/c1-4-20-8-14(17-18-20)9-21-15(22)5-6-19(16(21)23)7-13-10-24-12(3)11(13)2/h8,10H,4-7,9H2,1-3H3. The van der Waals surface area contributed by atoms with E-state index in [4.69, 9.17) is 0 Å². The molecule has 0 aliphatic carbocycles. The molecule has 1 aliphatic heterocycles. The highest BCUT2D eigenvalue weighted by Gasteiger charge is 2.32. The van der Waals surface area contributed by atoms with Crippen molar-refractivity contribution in [3.8, 4) is 0 Å². The summed E-state index contributed by atoms with van der Waals surface area (Å²) in [5, 5.41) is 10.1. The van der Waals surface area contributed by atoms with Crippen LogP contribution in [0.5, 0.6) is 0 Å². The van der Waals surface area contributed by atoms with Crippen molar-refractivity contribution < 1.29 is 9.59 Å². The number of aromatic nitrogens is 3. The van der Waals surface area contributed by atoms with Crippen LogP contribution in [-0.2, 0) is 24.4 Å². The number of thiophene rings is 1. The van der Waals surface area contributed by atoms with E-state index in [-0.39, 0.29) is 18.5 Å². The minimum absolute atomic E-state index is 0.152. The van der Waals surface area contributed by atoms with Crippen LogP contribution in [0, 0.1) is 13.8 Å². The van der Waals surface area contributed by atoms with Gasteiger partial charge in [-0.3, -0.25) is 14.4 Å². The van der Waals surface area contributed by atoms with Crippen LogP contribution < -0.4 is 0 Å². The van der Waals surface area contributed by atoms with E-state index in [2.05, 4.69) is 29.5 Å². The smallest absolute Gasteiger partial charge is 0.319 e. The molecule has 3 rings (SSSR count). The first-order chi connectivity index (χ1) is 11.5. The van der Waals surface area contributed by atoms with Crippen LogP contribution in [0.4, 0.5) is 4.79 Å². The zero-order valence-corrected chi connectivity index (χ0v) is 15.0. The van der Waals surface area contributed by atoms with Crippen molar-refractivity contribution in [2.24, 2.45) is 0 Å². The van der Waals surface area contributed by atoms with Crippen molar-refractivity contribution in [2.45, 2.75) is 46.8 Å². The van der Waals surface area contributed by atoms with Crippen LogP contribution in [0.2, 0.25) is 0 Å². The Hall–Kier alpha value is -2.22. The van der Waals surface area contributed by atoms with Crippen molar-refractivity contribution in [2.75, 3.05) is 6.54 Å². The van der Waals surface area contributed by atoms with Crippen molar-refractivity contribution in [3.05, 3.63) is 33.3 Å². The molecule has 0 radical (unpaired) electrons. The molecular formula is C16H21N5O2S. The lowest BCUT2D eigenvalue weighted by Gasteiger charge is -2.33. The summed E-state index contributed by atoms with van der Waals surface area (Å²) in [6.07, 6.45) is 2.11. The van der Waals surface area contributed by atoms with Crippen LogP contribution in [0.25, 0.3) is 0 Å². The molecule has 3 amide bonds. The van der Waals surface area contributed by atoms with E-state index in [1.54, 1.807) is 27.1 Å². The average Bonchev–Trinajstić information content (AvgIpc) is 3.15. The van der Waals surface area contributed by atoms with Crippen molar-refractivity contribution in [3.63, 3.8) is 0 Å². The Morgan fingerprint density at radius 2 is 2.04 bits per heavy atom.